The van der Waals surface area contributed by atoms with Gasteiger partial charge in [0.1, 0.15) is 5.76 Å². The Bertz CT molecular complexity index is 1100. The summed E-state index contributed by atoms with van der Waals surface area (Å²) in [5, 5.41) is 2.03. The summed E-state index contributed by atoms with van der Waals surface area (Å²) in [6.45, 7) is 28.8. The summed E-state index contributed by atoms with van der Waals surface area (Å²) in [6.07, 6.45) is 3.44. The second-order valence-electron chi connectivity index (χ2n) is 13.6. The quantitative estimate of drug-likeness (QED) is 0.356. The number of hydrogen-bond donors (Lipinski definition) is 0. The minimum atomic E-state index is -2.01. The van der Waals surface area contributed by atoms with Gasteiger partial charge in [0.15, 0.2) is 0 Å². The summed E-state index contributed by atoms with van der Waals surface area (Å²) >= 11 is 0. The molecule has 2 aromatic rings. The largest absolute Gasteiger partial charge is 0.544 e. The van der Waals surface area contributed by atoms with Crippen LogP contribution in [-0.2, 0) is 10.8 Å². The highest BCUT2D eigenvalue weighted by atomic mass is 28.4. The number of aryl methyl sites for hydroxylation is 2. The van der Waals surface area contributed by atoms with Crippen LogP contribution in [0.15, 0.2) is 71.1 Å². The molecule has 1 unspecified atom stereocenters. The van der Waals surface area contributed by atoms with Crippen molar-refractivity contribution < 1.29 is 4.43 Å². The molecule has 190 valence electrons. The van der Waals surface area contributed by atoms with Crippen molar-refractivity contribution in [1.29, 1.82) is 0 Å². The zero-order valence-corrected chi connectivity index (χ0v) is 26.4. The van der Waals surface area contributed by atoms with Crippen molar-refractivity contribution in [1.82, 2.24) is 0 Å². The lowest BCUT2D eigenvalue weighted by atomic mass is 9.84. The van der Waals surface area contributed by atoms with Gasteiger partial charge in [-0.25, -0.2) is 0 Å². The molecule has 0 bridgehead atoms. The summed E-state index contributed by atoms with van der Waals surface area (Å²) in [7, 11) is -3.84. The monoisotopic (exact) mass is 504 g/mol. The Morgan fingerprint density at radius 2 is 1.29 bits per heavy atom. The lowest BCUT2D eigenvalue weighted by Crippen LogP contribution is -2.41. The van der Waals surface area contributed by atoms with Crippen molar-refractivity contribution in [3.05, 3.63) is 93.4 Å². The summed E-state index contributed by atoms with van der Waals surface area (Å²) in [5.41, 5.74) is 7.08. The van der Waals surface area contributed by atoms with E-state index in [1.165, 1.54) is 27.8 Å². The van der Waals surface area contributed by atoms with Crippen LogP contribution in [0.1, 0.15) is 69.7 Å². The Labute approximate surface area is 217 Å². The minimum Gasteiger partial charge on any atom is -0.544 e. The third kappa shape index (κ3) is 5.46. The van der Waals surface area contributed by atoms with E-state index in [1.54, 1.807) is 5.20 Å². The first kappa shape index (κ1) is 27.7. The second kappa shape index (κ2) is 9.55. The fourth-order valence-corrected chi connectivity index (χ4v) is 8.21. The molecule has 1 nitrogen and oxygen atoms in total. The first-order chi connectivity index (χ1) is 16.0. The van der Waals surface area contributed by atoms with Crippen molar-refractivity contribution in [2.75, 3.05) is 0 Å². The molecule has 0 aliphatic heterocycles. The lowest BCUT2D eigenvalue weighted by molar-refractivity contribution is 0.394. The molecule has 0 radical (unpaired) electrons. The van der Waals surface area contributed by atoms with Gasteiger partial charge in [-0.3, -0.25) is 0 Å². The Hall–Kier alpha value is -1.85. The zero-order valence-electron chi connectivity index (χ0n) is 24.4. The third-order valence-electron chi connectivity index (χ3n) is 9.10. The van der Waals surface area contributed by atoms with Crippen LogP contribution >= 0.6 is 0 Å². The van der Waals surface area contributed by atoms with Crippen LogP contribution in [-0.4, -0.2) is 16.4 Å². The number of rotatable bonds is 6. The molecule has 1 aliphatic rings. The van der Waals surface area contributed by atoms with Gasteiger partial charge >= 0.3 is 0 Å². The molecule has 0 fully saturated rings. The fourth-order valence-electron chi connectivity index (χ4n) is 4.76. The van der Waals surface area contributed by atoms with E-state index in [1.807, 2.05) is 0 Å². The molecule has 0 spiro atoms. The van der Waals surface area contributed by atoms with Gasteiger partial charge in [0.05, 0.1) is 8.07 Å². The van der Waals surface area contributed by atoms with E-state index in [-0.39, 0.29) is 16.0 Å². The summed E-state index contributed by atoms with van der Waals surface area (Å²) in [6, 6.07) is 17.8. The molecule has 35 heavy (non-hydrogen) atoms. The molecule has 2 aromatic carbocycles. The smallest absolute Gasteiger partial charge is 0.250 e. The minimum absolute atomic E-state index is 0.152. The molecule has 0 amide bonds. The third-order valence-corrected chi connectivity index (χ3v) is 19.1. The molecule has 0 aromatic heterocycles. The van der Waals surface area contributed by atoms with Crippen LogP contribution < -0.4 is 0 Å². The van der Waals surface area contributed by atoms with Crippen LogP contribution in [0.5, 0.6) is 0 Å². The highest BCUT2D eigenvalue weighted by Gasteiger charge is 2.48. The van der Waals surface area contributed by atoms with Crippen molar-refractivity contribution in [2.24, 2.45) is 0 Å². The van der Waals surface area contributed by atoms with Crippen molar-refractivity contribution >= 4 is 16.4 Å². The molecule has 0 saturated carbocycles. The van der Waals surface area contributed by atoms with Crippen LogP contribution in [0.2, 0.25) is 36.3 Å². The molecule has 0 heterocycles. The van der Waals surface area contributed by atoms with Gasteiger partial charge in [-0.2, -0.15) is 0 Å². The molecule has 0 N–H and O–H groups in total. The molecular formula is C32H48OSi2. The number of allylic oxidation sites excluding steroid dienone is 3. The highest BCUT2D eigenvalue weighted by molar-refractivity contribution is 6.87. The predicted octanol–water partition coefficient (Wildman–Crippen LogP) is 9.89. The van der Waals surface area contributed by atoms with Crippen molar-refractivity contribution in [2.45, 2.75) is 104 Å². The van der Waals surface area contributed by atoms with E-state index in [0.29, 0.717) is 0 Å². The van der Waals surface area contributed by atoms with Crippen LogP contribution in [0.4, 0.5) is 0 Å². The summed E-state index contributed by atoms with van der Waals surface area (Å²) in [4.78, 5) is 0. The maximum absolute atomic E-state index is 7.18. The molecule has 3 heteroatoms. The van der Waals surface area contributed by atoms with Crippen LogP contribution in [0, 0.1) is 13.8 Å². The van der Waals surface area contributed by atoms with E-state index in [2.05, 4.69) is 136 Å². The van der Waals surface area contributed by atoms with Gasteiger partial charge in [0.25, 0.3) is 0 Å². The lowest BCUT2D eigenvalue weighted by Gasteiger charge is -2.42. The van der Waals surface area contributed by atoms with E-state index in [0.717, 1.165) is 12.2 Å². The van der Waals surface area contributed by atoms with E-state index in [9.17, 15) is 0 Å². The van der Waals surface area contributed by atoms with Gasteiger partial charge in [-0.1, -0.05) is 108 Å². The van der Waals surface area contributed by atoms with Crippen molar-refractivity contribution in [3.8, 4) is 0 Å². The molecule has 0 saturated heterocycles. The van der Waals surface area contributed by atoms with Crippen LogP contribution in [0.25, 0.3) is 0 Å². The normalized spacial score (nSPS) is 17.6. The SMILES string of the molecule is Cc1cccc(C)c1C1C([Si](C)(C)C(C)(C)C)=CC(O[Si](C)(C)C(C)(C)C)=C1Cc1ccccc1. The molecule has 1 atom stereocenters. The van der Waals surface area contributed by atoms with Gasteiger partial charge in [0, 0.05) is 5.92 Å². The van der Waals surface area contributed by atoms with Gasteiger partial charge < -0.3 is 4.43 Å². The Morgan fingerprint density at radius 1 is 0.743 bits per heavy atom. The standard InChI is InChI=1S/C32H48OSi2/c1-23-17-16-18-24(2)29(23)30-26(21-25-19-14-13-15-20-25)27(33-35(11,12)32(6,7)8)22-28(30)34(9,10)31(3,4)5/h13-20,22,30H,21H2,1-12H3. The molecular weight excluding hydrogens is 457 g/mol. The van der Waals surface area contributed by atoms with E-state index >= 15 is 0 Å². The first-order valence-corrected chi connectivity index (χ1v) is 19.1. The summed E-state index contributed by atoms with van der Waals surface area (Å²) < 4.78 is 7.18. The van der Waals surface area contributed by atoms with Crippen molar-refractivity contribution in [3.63, 3.8) is 0 Å². The van der Waals surface area contributed by atoms with E-state index in [4.69, 9.17) is 4.43 Å². The Kier molecular flexibility index (Phi) is 7.57. The summed E-state index contributed by atoms with van der Waals surface area (Å²) in [5.74, 6) is 1.45. The number of hydrogen-bond acceptors (Lipinski definition) is 1. The molecule has 3 rings (SSSR count). The fraction of sp³-hybridized carbons (Fsp3) is 0.500. The maximum atomic E-state index is 7.18. The van der Waals surface area contributed by atoms with E-state index < -0.39 is 16.4 Å². The highest BCUT2D eigenvalue weighted by Crippen LogP contribution is 2.54. The topological polar surface area (TPSA) is 9.23 Å². The average molecular weight is 505 g/mol. The maximum Gasteiger partial charge on any atom is 0.250 e. The second-order valence-corrected chi connectivity index (χ2v) is 23.7. The van der Waals surface area contributed by atoms with Gasteiger partial charge in [-0.15, -0.1) is 0 Å². The first-order valence-electron chi connectivity index (χ1n) is 13.2. The number of benzene rings is 2. The molecule has 1 aliphatic carbocycles. The van der Waals surface area contributed by atoms with Gasteiger partial charge in [0.2, 0.25) is 8.32 Å². The predicted molar refractivity (Wildman–Crippen MR) is 159 cm³/mol. The zero-order chi connectivity index (χ0) is 26.4. The Morgan fingerprint density at radius 3 is 1.77 bits per heavy atom. The van der Waals surface area contributed by atoms with Crippen LogP contribution in [0.3, 0.4) is 0 Å². The average Bonchev–Trinajstić information content (AvgIpc) is 3.05. The van der Waals surface area contributed by atoms with Gasteiger partial charge in [-0.05, 0) is 77.3 Å². The Balaban J connectivity index is 2.31.